The van der Waals surface area contributed by atoms with Crippen LogP contribution >= 0.6 is 0 Å². The number of hydrogen-bond donors (Lipinski definition) is 1. The summed E-state index contributed by atoms with van der Waals surface area (Å²) in [4.78, 5) is 42.5. The number of rotatable bonds is 7. The van der Waals surface area contributed by atoms with Gasteiger partial charge in [0, 0.05) is 31.1 Å². The zero-order valence-electron chi connectivity index (χ0n) is 20.5. The minimum atomic E-state index is -0.687. The lowest BCUT2D eigenvalue weighted by Gasteiger charge is -2.31. The first kappa shape index (κ1) is 24.9. The standard InChI is InChI=1S/C25H31N5O4/c1-7-16(2)29(24(33)34-25(4,5)6)22-12-21(28-23-20(15-31)14-27-30(22)23)19-10-8-9-18(11-19)13-26-17(3)32/h8-12,14-16H,7,13H2,1-6H3,(H,26,32). The zero-order chi connectivity index (χ0) is 25.0. The van der Waals surface area contributed by atoms with E-state index in [1.807, 2.05) is 58.9 Å². The topological polar surface area (TPSA) is 106 Å². The number of nitrogens with zero attached hydrogens (tertiary/aromatic N) is 4. The summed E-state index contributed by atoms with van der Waals surface area (Å²) in [6.45, 7) is 11.2. The van der Waals surface area contributed by atoms with E-state index >= 15 is 0 Å². The summed E-state index contributed by atoms with van der Waals surface area (Å²) >= 11 is 0. The molecule has 0 aliphatic carbocycles. The van der Waals surface area contributed by atoms with Gasteiger partial charge >= 0.3 is 6.09 Å². The van der Waals surface area contributed by atoms with Crippen LogP contribution in [0.15, 0.2) is 36.5 Å². The first-order valence-electron chi connectivity index (χ1n) is 11.2. The van der Waals surface area contributed by atoms with Crippen LogP contribution in [0.3, 0.4) is 0 Å². The van der Waals surface area contributed by atoms with Crippen molar-refractivity contribution in [2.45, 2.75) is 66.2 Å². The van der Waals surface area contributed by atoms with Crippen LogP contribution < -0.4 is 10.2 Å². The van der Waals surface area contributed by atoms with Crippen molar-refractivity contribution < 1.29 is 19.1 Å². The number of amides is 2. The van der Waals surface area contributed by atoms with Gasteiger partial charge in [-0.05, 0) is 45.7 Å². The number of nitrogens with one attached hydrogen (secondary N) is 1. The number of fused-ring (bicyclic) bond motifs is 1. The summed E-state index contributed by atoms with van der Waals surface area (Å²) in [6, 6.07) is 9.13. The molecule has 34 heavy (non-hydrogen) atoms. The fourth-order valence-corrected chi connectivity index (χ4v) is 3.43. The highest BCUT2D eigenvalue weighted by molar-refractivity contribution is 5.91. The molecule has 2 aromatic heterocycles. The number of aromatic nitrogens is 3. The molecule has 0 spiro atoms. The minimum Gasteiger partial charge on any atom is -0.443 e. The lowest BCUT2D eigenvalue weighted by Crippen LogP contribution is -2.43. The van der Waals surface area contributed by atoms with Gasteiger partial charge in [-0.2, -0.15) is 9.61 Å². The van der Waals surface area contributed by atoms with Gasteiger partial charge in [-0.15, -0.1) is 0 Å². The molecule has 9 heteroatoms. The molecule has 180 valence electrons. The molecule has 0 bridgehead atoms. The van der Waals surface area contributed by atoms with E-state index in [0.717, 1.165) is 11.1 Å². The Balaban J connectivity index is 2.19. The van der Waals surface area contributed by atoms with Gasteiger partial charge in [0.15, 0.2) is 11.9 Å². The SMILES string of the molecule is CCC(C)N(C(=O)OC(C)(C)C)c1cc(-c2cccc(CNC(C)=O)c2)nc2c(C=O)cnn12. The second kappa shape index (κ2) is 10.0. The Morgan fingerprint density at radius 2 is 2.00 bits per heavy atom. The highest BCUT2D eigenvalue weighted by Gasteiger charge is 2.30. The molecule has 1 atom stereocenters. The zero-order valence-corrected chi connectivity index (χ0v) is 20.5. The summed E-state index contributed by atoms with van der Waals surface area (Å²) in [7, 11) is 0. The Kier molecular flexibility index (Phi) is 7.34. The molecule has 3 aromatic rings. The third kappa shape index (κ3) is 5.59. The summed E-state index contributed by atoms with van der Waals surface area (Å²) in [5, 5.41) is 7.12. The number of ether oxygens (including phenoxy) is 1. The van der Waals surface area contributed by atoms with Crippen molar-refractivity contribution in [2.75, 3.05) is 4.90 Å². The summed E-state index contributed by atoms with van der Waals surface area (Å²) in [5.41, 5.74) is 2.20. The number of anilines is 1. The largest absolute Gasteiger partial charge is 0.443 e. The lowest BCUT2D eigenvalue weighted by molar-refractivity contribution is -0.119. The van der Waals surface area contributed by atoms with Gasteiger partial charge in [0.05, 0.1) is 17.5 Å². The van der Waals surface area contributed by atoms with Crippen LogP contribution in [0.2, 0.25) is 0 Å². The van der Waals surface area contributed by atoms with Crippen molar-refractivity contribution in [2.24, 2.45) is 0 Å². The predicted molar refractivity (Wildman–Crippen MR) is 130 cm³/mol. The Bertz CT molecular complexity index is 1210. The molecule has 0 saturated heterocycles. The van der Waals surface area contributed by atoms with Gasteiger partial charge < -0.3 is 10.1 Å². The molecule has 2 heterocycles. The summed E-state index contributed by atoms with van der Waals surface area (Å²) in [5.74, 6) is 0.327. The highest BCUT2D eigenvalue weighted by Crippen LogP contribution is 2.29. The van der Waals surface area contributed by atoms with Crippen molar-refractivity contribution >= 4 is 29.8 Å². The van der Waals surface area contributed by atoms with Gasteiger partial charge in [-0.1, -0.05) is 25.1 Å². The molecular weight excluding hydrogens is 434 g/mol. The first-order valence-corrected chi connectivity index (χ1v) is 11.2. The average Bonchev–Trinajstić information content (AvgIpc) is 3.19. The van der Waals surface area contributed by atoms with Crippen molar-refractivity contribution in [3.63, 3.8) is 0 Å². The second-order valence-corrected chi connectivity index (χ2v) is 9.17. The van der Waals surface area contributed by atoms with E-state index in [4.69, 9.17) is 4.74 Å². The molecule has 9 nitrogen and oxygen atoms in total. The van der Waals surface area contributed by atoms with Crippen molar-refractivity contribution in [3.05, 3.63) is 47.7 Å². The van der Waals surface area contributed by atoms with Crippen molar-refractivity contribution in [3.8, 4) is 11.3 Å². The lowest BCUT2D eigenvalue weighted by atomic mass is 10.1. The van der Waals surface area contributed by atoms with Gasteiger partial charge in [0.2, 0.25) is 5.91 Å². The smallest absolute Gasteiger partial charge is 0.416 e. The normalized spacial score (nSPS) is 12.3. The molecular formula is C25H31N5O4. The van der Waals surface area contributed by atoms with E-state index in [1.165, 1.54) is 17.6 Å². The Hall–Kier alpha value is -3.75. The van der Waals surface area contributed by atoms with E-state index in [2.05, 4.69) is 15.4 Å². The fourth-order valence-electron chi connectivity index (χ4n) is 3.43. The van der Waals surface area contributed by atoms with Crippen LogP contribution in [0.4, 0.5) is 10.6 Å². The van der Waals surface area contributed by atoms with Crippen LogP contribution in [-0.4, -0.2) is 44.5 Å². The fraction of sp³-hybridized carbons (Fsp3) is 0.400. The van der Waals surface area contributed by atoms with Gasteiger partial charge in [-0.25, -0.2) is 9.78 Å². The second-order valence-electron chi connectivity index (χ2n) is 9.17. The van der Waals surface area contributed by atoms with E-state index < -0.39 is 11.7 Å². The molecule has 0 fully saturated rings. The molecule has 1 aromatic carbocycles. The maximum Gasteiger partial charge on any atom is 0.416 e. The number of aldehydes is 1. The van der Waals surface area contributed by atoms with Crippen molar-refractivity contribution in [1.29, 1.82) is 0 Å². The van der Waals surface area contributed by atoms with E-state index in [1.54, 1.807) is 11.0 Å². The van der Waals surface area contributed by atoms with Crippen LogP contribution in [0.25, 0.3) is 16.9 Å². The maximum atomic E-state index is 13.3. The highest BCUT2D eigenvalue weighted by atomic mass is 16.6. The van der Waals surface area contributed by atoms with Crippen molar-refractivity contribution in [1.82, 2.24) is 19.9 Å². The quantitative estimate of drug-likeness (QED) is 0.519. The minimum absolute atomic E-state index is 0.122. The monoisotopic (exact) mass is 465 g/mol. The molecule has 0 aliphatic heterocycles. The van der Waals surface area contributed by atoms with Gasteiger partial charge in [0.25, 0.3) is 0 Å². The first-order chi connectivity index (χ1) is 16.0. The molecule has 3 rings (SSSR count). The Labute approximate surface area is 199 Å². The number of hydrogen-bond acceptors (Lipinski definition) is 6. The van der Waals surface area contributed by atoms with E-state index in [-0.39, 0.29) is 11.9 Å². The summed E-state index contributed by atoms with van der Waals surface area (Å²) < 4.78 is 7.18. The number of benzene rings is 1. The van der Waals surface area contributed by atoms with E-state index in [0.29, 0.717) is 42.0 Å². The molecule has 1 unspecified atom stereocenters. The maximum absolute atomic E-state index is 13.3. The summed E-state index contributed by atoms with van der Waals surface area (Å²) in [6.07, 6.45) is 2.28. The molecule has 0 radical (unpaired) electrons. The number of carbonyl (C=O) groups is 3. The van der Waals surface area contributed by atoms with Crippen LogP contribution in [0.1, 0.15) is 63.9 Å². The third-order valence-corrected chi connectivity index (χ3v) is 5.24. The molecule has 0 aliphatic rings. The average molecular weight is 466 g/mol. The third-order valence-electron chi connectivity index (χ3n) is 5.24. The molecule has 0 saturated carbocycles. The van der Waals surface area contributed by atoms with Gasteiger partial charge in [0.1, 0.15) is 11.4 Å². The van der Waals surface area contributed by atoms with Crippen LogP contribution in [0, 0.1) is 0 Å². The predicted octanol–water partition coefficient (Wildman–Crippen LogP) is 4.38. The number of carbonyl (C=O) groups excluding carboxylic acids is 3. The molecule has 2 amide bonds. The Morgan fingerprint density at radius 1 is 1.26 bits per heavy atom. The van der Waals surface area contributed by atoms with Crippen LogP contribution in [0.5, 0.6) is 0 Å². The van der Waals surface area contributed by atoms with Crippen LogP contribution in [-0.2, 0) is 16.1 Å². The van der Waals surface area contributed by atoms with Gasteiger partial charge in [-0.3, -0.25) is 14.5 Å². The van der Waals surface area contributed by atoms with E-state index in [9.17, 15) is 14.4 Å². The Morgan fingerprint density at radius 3 is 2.62 bits per heavy atom. The molecule has 1 N–H and O–H groups in total.